The number of carbonyl (C=O) groups is 2. The van der Waals surface area contributed by atoms with Gasteiger partial charge in [0.25, 0.3) is 0 Å². The van der Waals surface area contributed by atoms with E-state index in [4.69, 9.17) is 4.74 Å². The number of esters is 1. The van der Waals surface area contributed by atoms with Crippen molar-refractivity contribution in [1.29, 1.82) is 0 Å². The molecule has 0 aromatic carbocycles. The highest BCUT2D eigenvalue weighted by Gasteiger charge is 2.46. The molecule has 1 rings (SSSR count). The zero-order chi connectivity index (χ0) is 14.4. The molecule has 4 unspecified atom stereocenters. The second-order valence-electron chi connectivity index (χ2n) is 4.62. The largest absolute Gasteiger partial charge is 0.466 e. The number of rotatable bonds is 5. The van der Waals surface area contributed by atoms with E-state index in [9.17, 15) is 14.7 Å². The summed E-state index contributed by atoms with van der Waals surface area (Å²) in [5.41, 5.74) is 2.51. The first-order chi connectivity index (χ1) is 9.06. The molecule has 0 radical (unpaired) electrons. The van der Waals surface area contributed by atoms with Gasteiger partial charge in [0.05, 0.1) is 24.5 Å². The van der Waals surface area contributed by atoms with Crippen molar-refractivity contribution in [3.63, 3.8) is 0 Å². The van der Waals surface area contributed by atoms with Crippen LogP contribution in [0.4, 0.5) is 0 Å². The SMILES string of the molecule is C=C=CC1C(=O)CC(CC=C)C(C(=O)OCC)C1O. The molecule has 104 valence electrons. The van der Waals surface area contributed by atoms with E-state index in [1.165, 1.54) is 6.08 Å². The van der Waals surface area contributed by atoms with E-state index in [1.54, 1.807) is 13.0 Å². The fourth-order valence-electron chi connectivity index (χ4n) is 2.55. The van der Waals surface area contributed by atoms with Crippen molar-refractivity contribution < 1.29 is 19.4 Å². The third-order valence-corrected chi connectivity index (χ3v) is 3.40. The van der Waals surface area contributed by atoms with Gasteiger partial charge in [0.15, 0.2) is 0 Å². The molecule has 1 N–H and O–H groups in total. The zero-order valence-corrected chi connectivity index (χ0v) is 11.2. The third kappa shape index (κ3) is 3.43. The van der Waals surface area contributed by atoms with Gasteiger partial charge in [-0.2, -0.15) is 0 Å². The summed E-state index contributed by atoms with van der Waals surface area (Å²) in [7, 11) is 0. The Kier molecular flexibility index (Phi) is 5.74. The van der Waals surface area contributed by atoms with Crippen molar-refractivity contribution in [2.24, 2.45) is 17.8 Å². The molecular formula is C15H20O4. The third-order valence-electron chi connectivity index (χ3n) is 3.40. The van der Waals surface area contributed by atoms with E-state index in [-0.39, 0.29) is 24.7 Å². The Hall–Kier alpha value is -1.64. The molecule has 0 heterocycles. The Labute approximate surface area is 113 Å². The summed E-state index contributed by atoms with van der Waals surface area (Å²) < 4.78 is 5.00. The maximum atomic E-state index is 12.0. The summed E-state index contributed by atoms with van der Waals surface area (Å²) in [4.78, 5) is 23.9. The van der Waals surface area contributed by atoms with Crippen molar-refractivity contribution >= 4 is 11.8 Å². The second-order valence-corrected chi connectivity index (χ2v) is 4.62. The molecule has 4 heteroatoms. The van der Waals surface area contributed by atoms with E-state index in [2.05, 4.69) is 18.9 Å². The molecule has 0 aromatic rings. The lowest BCUT2D eigenvalue weighted by atomic mass is 9.70. The van der Waals surface area contributed by atoms with E-state index in [1.807, 2.05) is 0 Å². The maximum Gasteiger partial charge on any atom is 0.311 e. The van der Waals surface area contributed by atoms with Crippen molar-refractivity contribution in [2.45, 2.75) is 25.9 Å². The predicted molar refractivity (Wildman–Crippen MR) is 71.3 cm³/mol. The number of carbonyl (C=O) groups excluding carboxylic acids is 2. The molecule has 0 aromatic heterocycles. The number of allylic oxidation sites excluding steroid dienone is 1. The lowest BCUT2D eigenvalue weighted by Crippen LogP contribution is -2.47. The first kappa shape index (κ1) is 15.4. The summed E-state index contributed by atoms with van der Waals surface area (Å²) in [5, 5.41) is 10.3. The van der Waals surface area contributed by atoms with Crippen LogP contribution in [-0.2, 0) is 14.3 Å². The molecule has 1 fully saturated rings. The molecule has 0 bridgehead atoms. The molecule has 0 amide bonds. The van der Waals surface area contributed by atoms with Gasteiger partial charge >= 0.3 is 5.97 Å². The zero-order valence-electron chi connectivity index (χ0n) is 11.2. The Balaban J connectivity index is 3.02. The monoisotopic (exact) mass is 264 g/mol. The van der Waals surface area contributed by atoms with Gasteiger partial charge in [-0.1, -0.05) is 12.7 Å². The first-order valence-corrected chi connectivity index (χ1v) is 6.41. The topological polar surface area (TPSA) is 63.6 Å². The molecule has 0 spiro atoms. The molecule has 4 atom stereocenters. The molecule has 0 saturated heterocycles. The average Bonchev–Trinajstić information content (AvgIpc) is 2.35. The van der Waals surface area contributed by atoms with Crippen LogP contribution in [-0.4, -0.2) is 29.6 Å². The minimum atomic E-state index is -1.08. The van der Waals surface area contributed by atoms with Gasteiger partial charge in [-0.05, 0) is 25.3 Å². The van der Waals surface area contributed by atoms with E-state index in [0.29, 0.717) is 6.42 Å². The van der Waals surface area contributed by atoms with Gasteiger partial charge in [0.2, 0.25) is 0 Å². The number of ketones is 1. The summed E-state index contributed by atoms with van der Waals surface area (Å²) >= 11 is 0. The quantitative estimate of drug-likeness (QED) is 0.466. The van der Waals surface area contributed by atoms with E-state index < -0.39 is 23.9 Å². The van der Waals surface area contributed by atoms with E-state index in [0.717, 1.165) is 0 Å². The lowest BCUT2D eigenvalue weighted by Gasteiger charge is -2.36. The van der Waals surface area contributed by atoms with Gasteiger partial charge in [0.1, 0.15) is 5.78 Å². The molecule has 1 saturated carbocycles. The second kappa shape index (κ2) is 7.07. The number of Topliss-reactive ketones (excluding diaryl/α,β-unsaturated/α-hetero) is 1. The number of ether oxygens (including phenoxy) is 1. The minimum absolute atomic E-state index is 0.101. The van der Waals surface area contributed by atoms with E-state index >= 15 is 0 Å². The minimum Gasteiger partial charge on any atom is -0.466 e. The fraction of sp³-hybridized carbons (Fsp3) is 0.533. The van der Waals surface area contributed by atoms with Gasteiger partial charge in [-0.25, -0.2) is 0 Å². The molecular weight excluding hydrogens is 244 g/mol. The van der Waals surface area contributed by atoms with Crippen LogP contribution < -0.4 is 0 Å². The van der Waals surface area contributed by atoms with Crippen LogP contribution in [0.25, 0.3) is 0 Å². The average molecular weight is 264 g/mol. The highest BCUT2D eigenvalue weighted by Crippen LogP contribution is 2.35. The fourth-order valence-corrected chi connectivity index (χ4v) is 2.55. The smallest absolute Gasteiger partial charge is 0.311 e. The van der Waals surface area contributed by atoms with Gasteiger partial charge in [0, 0.05) is 6.42 Å². The predicted octanol–water partition coefficient (Wildman–Crippen LogP) is 1.65. The van der Waals surface area contributed by atoms with Crippen LogP contribution in [0.15, 0.2) is 31.0 Å². The number of hydrogen-bond acceptors (Lipinski definition) is 4. The van der Waals surface area contributed by atoms with Gasteiger partial charge in [-0.3, -0.25) is 9.59 Å². The van der Waals surface area contributed by atoms with Crippen molar-refractivity contribution in [2.75, 3.05) is 6.61 Å². The van der Waals surface area contributed by atoms with Crippen molar-refractivity contribution in [3.8, 4) is 0 Å². The van der Waals surface area contributed by atoms with Gasteiger partial charge < -0.3 is 9.84 Å². The first-order valence-electron chi connectivity index (χ1n) is 6.41. The summed E-state index contributed by atoms with van der Waals surface area (Å²) in [5.74, 6) is -2.25. The molecule has 19 heavy (non-hydrogen) atoms. The number of hydrogen-bond donors (Lipinski definition) is 1. The van der Waals surface area contributed by atoms with Crippen LogP contribution in [0.5, 0.6) is 0 Å². The summed E-state index contributed by atoms with van der Waals surface area (Å²) in [6.07, 6.45) is 2.72. The Morgan fingerprint density at radius 2 is 2.32 bits per heavy atom. The van der Waals surface area contributed by atoms with Crippen LogP contribution in [0.3, 0.4) is 0 Å². The van der Waals surface area contributed by atoms with Crippen molar-refractivity contribution in [1.82, 2.24) is 0 Å². The highest BCUT2D eigenvalue weighted by atomic mass is 16.5. The van der Waals surface area contributed by atoms with Crippen molar-refractivity contribution in [3.05, 3.63) is 31.0 Å². The molecule has 1 aliphatic rings. The standard InChI is InChI=1S/C15H20O4/c1-4-7-10-9-12(16)11(8-5-2)14(17)13(10)15(18)19-6-3/h4,8,10-11,13-14,17H,1-2,6-7,9H2,3H3. The number of aliphatic hydroxyl groups excluding tert-OH is 1. The van der Waals surface area contributed by atoms with Crippen LogP contribution in [0.2, 0.25) is 0 Å². The highest BCUT2D eigenvalue weighted by molar-refractivity contribution is 5.87. The Morgan fingerprint density at radius 1 is 1.63 bits per heavy atom. The molecule has 4 nitrogen and oxygen atoms in total. The maximum absolute atomic E-state index is 12.0. The summed E-state index contributed by atoms with van der Waals surface area (Å²) in [6, 6.07) is 0. The van der Waals surface area contributed by atoms with Crippen LogP contribution >= 0.6 is 0 Å². The number of aliphatic hydroxyl groups is 1. The van der Waals surface area contributed by atoms with Crippen LogP contribution in [0.1, 0.15) is 19.8 Å². The molecule has 1 aliphatic carbocycles. The van der Waals surface area contributed by atoms with Gasteiger partial charge in [-0.15, -0.1) is 12.3 Å². The Bertz CT molecular complexity index is 406. The summed E-state index contributed by atoms with van der Waals surface area (Å²) in [6.45, 7) is 8.99. The normalized spacial score (nSPS) is 30.3. The Morgan fingerprint density at radius 3 is 2.84 bits per heavy atom. The molecule has 0 aliphatic heterocycles. The van der Waals surface area contributed by atoms with Crippen LogP contribution in [0, 0.1) is 17.8 Å². The lowest BCUT2D eigenvalue weighted by molar-refractivity contribution is -0.160.